The average molecular weight is 317 g/mol. The van der Waals surface area contributed by atoms with Gasteiger partial charge >= 0.3 is 5.97 Å². The van der Waals surface area contributed by atoms with Crippen LogP contribution in [-0.2, 0) is 0 Å². The van der Waals surface area contributed by atoms with Crippen molar-refractivity contribution in [2.24, 2.45) is 11.8 Å². The maximum absolute atomic E-state index is 12.4. The lowest BCUT2D eigenvalue weighted by Gasteiger charge is -2.29. The highest BCUT2D eigenvalue weighted by atomic mass is 16.4. The first-order valence-electron chi connectivity index (χ1n) is 7.85. The van der Waals surface area contributed by atoms with Gasteiger partial charge in [0, 0.05) is 13.2 Å². The topological polar surface area (TPSA) is 94.9 Å². The molecule has 2 aliphatic rings. The largest absolute Gasteiger partial charge is 0.478 e. The summed E-state index contributed by atoms with van der Waals surface area (Å²) in [6, 6.07) is 4.05. The molecule has 1 aliphatic heterocycles. The molecule has 6 nitrogen and oxygen atoms in total. The number of benzene rings is 1. The van der Waals surface area contributed by atoms with Crippen LogP contribution in [0.25, 0.3) is 0 Å². The van der Waals surface area contributed by atoms with E-state index in [4.69, 9.17) is 10.2 Å². The number of carbonyl (C=O) groups excluding carboxylic acids is 2. The number of aromatic carboxylic acids is 1. The molecule has 0 unspecified atom stereocenters. The van der Waals surface area contributed by atoms with E-state index in [0.29, 0.717) is 12.5 Å². The summed E-state index contributed by atoms with van der Waals surface area (Å²) in [6.45, 7) is 0.560. The van der Waals surface area contributed by atoms with E-state index in [2.05, 4.69) is 0 Å². The van der Waals surface area contributed by atoms with E-state index < -0.39 is 11.9 Å². The van der Waals surface area contributed by atoms with Crippen LogP contribution < -0.4 is 0 Å². The molecule has 1 saturated carbocycles. The van der Waals surface area contributed by atoms with Crippen LogP contribution in [0.1, 0.15) is 56.8 Å². The number of aliphatic hydroxyl groups excluding tert-OH is 1. The summed E-state index contributed by atoms with van der Waals surface area (Å²) in [5.74, 6) is -1.29. The molecule has 1 aromatic carbocycles. The van der Waals surface area contributed by atoms with E-state index >= 15 is 0 Å². The molecule has 0 atom stereocenters. The first kappa shape index (κ1) is 15.7. The molecule has 1 aromatic rings. The van der Waals surface area contributed by atoms with Gasteiger partial charge in [0.2, 0.25) is 0 Å². The summed E-state index contributed by atoms with van der Waals surface area (Å²) < 4.78 is 0. The second-order valence-corrected chi connectivity index (χ2v) is 6.36. The Hall–Kier alpha value is -2.21. The Morgan fingerprint density at radius 2 is 1.65 bits per heavy atom. The Labute approximate surface area is 133 Å². The van der Waals surface area contributed by atoms with Crippen molar-refractivity contribution in [2.45, 2.75) is 25.7 Å². The number of carboxylic acids is 1. The van der Waals surface area contributed by atoms with Gasteiger partial charge in [-0.2, -0.15) is 0 Å². The lowest BCUT2D eigenvalue weighted by Crippen LogP contribution is -2.36. The first-order chi connectivity index (χ1) is 11.0. The molecule has 2 amide bonds. The molecule has 122 valence electrons. The summed E-state index contributed by atoms with van der Waals surface area (Å²) in [7, 11) is 0. The zero-order chi connectivity index (χ0) is 16.6. The van der Waals surface area contributed by atoms with Crippen LogP contribution in [-0.4, -0.2) is 46.0 Å². The molecule has 0 saturated heterocycles. The van der Waals surface area contributed by atoms with Gasteiger partial charge in [-0.25, -0.2) is 4.79 Å². The van der Waals surface area contributed by atoms with Gasteiger partial charge in [-0.05, 0) is 55.7 Å². The Morgan fingerprint density at radius 1 is 1.04 bits per heavy atom. The smallest absolute Gasteiger partial charge is 0.335 e. The van der Waals surface area contributed by atoms with Gasteiger partial charge < -0.3 is 10.2 Å². The predicted molar refractivity (Wildman–Crippen MR) is 81.3 cm³/mol. The van der Waals surface area contributed by atoms with Crippen LogP contribution in [0.2, 0.25) is 0 Å². The third-order valence-electron chi connectivity index (χ3n) is 4.88. The van der Waals surface area contributed by atoms with Crippen molar-refractivity contribution < 1.29 is 24.6 Å². The second kappa shape index (κ2) is 6.12. The third-order valence-corrected chi connectivity index (χ3v) is 4.88. The summed E-state index contributed by atoms with van der Waals surface area (Å²) in [5, 5.41) is 18.2. The SMILES string of the molecule is O=C(O)c1ccc2c(c1)C(=O)N(CC1CCC(CO)CC1)C2=O. The molecular weight excluding hydrogens is 298 g/mol. The Bertz CT molecular complexity index is 661. The van der Waals surface area contributed by atoms with Crippen LogP contribution in [0.15, 0.2) is 18.2 Å². The molecule has 1 fully saturated rings. The minimum atomic E-state index is -1.12. The van der Waals surface area contributed by atoms with Crippen molar-refractivity contribution in [3.63, 3.8) is 0 Å². The van der Waals surface area contributed by atoms with Crippen molar-refractivity contribution >= 4 is 17.8 Å². The fraction of sp³-hybridized carbons (Fsp3) is 0.471. The lowest BCUT2D eigenvalue weighted by atomic mass is 9.82. The minimum Gasteiger partial charge on any atom is -0.478 e. The predicted octanol–water partition coefficient (Wildman–Crippen LogP) is 1.78. The van der Waals surface area contributed by atoms with E-state index in [1.807, 2.05) is 0 Å². The molecule has 23 heavy (non-hydrogen) atoms. The summed E-state index contributed by atoms with van der Waals surface area (Å²) in [5.41, 5.74) is 0.471. The first-order valence-corrected chi connectivity index (χ1v) is 7.85. The zero-order valence-corrected chi connectivity index (χ0v) is 12.7. The molecule has 3 rings (SSSR count). The Kier molecular flexibility index (Phi) is 4.17. The standard InChI is InChI=1S/C17H19NO5/c19-9-11-3-1-10(2-4-11)8-18-15(20)13-6-5-12(17(22)23)7-14(13)16(18)21/h5-7,10-11,19H,1-4,8-9H2,(H,22,23). The number of amides is 2. The highest BCUT2D eigenvalue weighted by Gasteiger charge is 2.37. The summed E-state index contributed by atoms with van der Waals surface area (Å²) in [6.07, 6.45) is 3.60. The van der Waals surface area contributed by atoms with Crippen molar-refractivity contribution in [2.75, 3.05) is 13.2 Å². The fourth-order valence-electron chi connectivity index (χ4n) is 3.44. The number of carbonyl (C=O) groups is 3. The van der Waals surface area contributed by atoms with E-state index in [1.54, 1.807) is 0 Å². The normalized spacial score (nSPS) is 24.0. The van der Waals surface area contributed by atoms with Gasteiger partial charge in [0.1, 0.15) is 0 Å². The van der Waals surface area contributed by atoms with Crippen molar-refractivity contribution in [1.82, 2.24) is 4.90 Å². The van der Waals surface area contributed by atoms with Gasteiger partial charge in [-0.15, -0.1) is 0 Å². The van der Waals surface area contributed by atoms with Gasteiger partial charge in [-0.1, -0.05) is 0 Å². The number of fused-ring (bicyclic) bond motifs is 1. The monoisotopic (exact) mass is 317 g/mol. The molecule has 0 radical (unpaired) electrons. The minimum absolute atomic E-state index is 0.00945. The molecule has 1 aliphatic carbocycles. The van der Waals surface area contributed by atoms with Crippen LogP contribution in [0.3, 0.4) is 0 Å². The molecule has 6 heteroatoms. The van der Waals surface area contributed by atoms with Gasteiger partial charge in [0.05, 0.1) is 16.7 Å². The number of imide groups is 1. The van der Waals surface area contributed by atoms with Crippen LogP contribution >= 0.6 is 0 Å². The van der Waals surface area contributed by atoms with Gasteiger partial charge in [0.25, 0.3) is 11.8 Å². The fourth-order valence-corrected chi connectivity index (χ4v) is 3.44. The average Bonchev–Trinajstić information content (AvgIpc) is 2.80. The maximum atomic E-state index is 12.4. The molecule has 0 aromatic heterocycles. The highest BCUT2D eigenvalue weighted by molar-refractivity contribution is 6.21. The van der Waals surface area contributed by atoms with Gasteiger partial charge in [0.15, 0.2) is 0 Å². The maximum Gasteiger partial charge on any atom is 0.335 e. The number of carboxylic acid groups (broad SMARTS) is 1. The molecule has 1 heterocycles. The third kappa shape index (κ3) is 2.86. The summed E-state index contributed by atoms with van der Waals surface area (Å²) >= 11 is 0. The Balaban J connectivity index is 1.74. The van der Waals surface area contributed by atoms with Crippen molar-refractivity contribution in [3.8, 4) is 0 Å². The zero-order valence-electron chi connectivity index (χ0n) is 12.7. The van der Waals surface area contributed by atoms with E-state index in [-0.39, 0.29) is 35.1 Å². The number of hydrogen-bond donors (Lipinski definition) is 2. The van der Waals surface area contributed by atoms with E-state index in [1.165, 1.54) is 23.1 Å². The van der Waals surface area contributed by atoms with E-state index in [9.17, 15) is 14.4 Å². The molecule has 0 spiro atoms. The van der Waals surface area contributed by atoms with Crippen molar-refractivity contribution in [1.29, 1.82) is 0 Å². The Morgan fingerprint density at radius 3 is 2.26 bits per heavy atom. The van der Waals surface area contributed by atoms with Crippen molar-refractivity contribution in [3.05, 3.63) is 34.9 Å². The van der Waals surface area contributed by atoms with Crippen LogP contribution in [0.4, 0.5) is 0 Å². The quantitative estimate of drug-likeness (QED) is 0.825. The molecule has 2 N–H and O–H groups in total. The van der Waals surface area contributed by atoms with E-state index in [0.717, 1.165) is 25.7 Å². The van der Waals surface area contributed by atoms with Gasteiger partial charge in [-0.3, -0.25) is 14.5 Å². The summed E-state index contributed by atoms with van der Waals surface area (Å²) in [4.78, 5) is 37.1. The lowest BCUT2D eigenvalue weighted by molar-refractivity contribution is 0.0600. The molecular formula is C17H19NO5. The number of hydrogen-bond acceptors (Lipinski definition) is 4. The highest BCUT2D eigenvalue weighted by Crippen LogP contribution is 2.31. The van der Waals surface area contributed by atoms with Crippen LogP contribution in [0, 0.1) is 11.8 Å². The second-order valence-electron chi connectivity index (χ2n) is 6.36. The molecule has 0 bridgehead atoms. The number of nitrogens with zero attached hydrogens (tertiary/aromatic N) is 1. The van der Waals surface area contributed by atoms with Crippen LogP contribution in [0.5, 0.6) is 0 Å². The number of aliphatic hydroxyl groups is 1. The number of rotatable bonds is 4.